The van der Waals surface area contributed by atoms with Gasteiger partial charge in [0, 0.05) is 37.6 Å². The number of likely N-dealkylation sites (tertiary alicyclic amines) is 1. The molecule has 2 fully saturated rings. The molecule has 5 nitrogen and oxygen atoms in total. The SMILES string of the molecule is O=C(NC1CCN(CC(F)(F)F)C1)c1cc2ccccc2nc1N1CCCC1. The Labute approximate surface area is 161 Å². The van der Waals surface area contributed by atoms with E-state index in [4.69, 9.17) is 4.98 Å². The van der Waals surface area contributed by atoms with Gasteiger partial charge in [-0.1, -0.05) is 18.2 Å². The molecule has 1 aromatic heterocycles. The van der Waals surface area contributed by atoms with E-state index in [9.17, 15) is 18.0 Å². The summed E-state index contributed by atoms with van der Waals surface area (Å²) in [4.78, 5) is 21.2. The van der Waals surface area contributed by atoms with Crippen molar-refractivity contribution in [1.29, 1.82) is 0 Å². The summed E-state index contributed by atoms with van der Waals surface area (Å²) in [6, 6.07) is 9.20. The molecule has 2 saturated heterocycles. The van der Waals surface area contributed by atoms with Crippen LogP contribution in [0.15, 0.2) is 30.3 Å². The van der Waals surface area contributed by atoms with Gasteiger partial charge in [-0.2, -0.15) is 13.2 Å². The smallest absolute Gasteiger partial charge is 0.356 e. The van der Waals surface area contributed by atoms with Crippen molar-refractivity contribution in [3.05, 3.63) is 35.9 Å². The van der Waals surface area contributed by atoms with Crippen LogP contribution in [0.2, 0.25) is 0 Å². The van der Waals surface area contributed by atoms with Gasteiger partial charge in [0.1, 0.15) is 5.82 Å². The Morgan fingerprint density at radius 1 is 1.18 bits per heavy atom. The number of pyridine rings is 1. The van der Waals surface area contributed by atoms with E-state index in [2.05, 4.69) is 10.2 Å². The number of anilines is 1. The van der Waals surface area contributed by atoms with Gasteiger partial charge in [0.2, 0.25) is 0 Å². The van der Waals surface area contributed by atoms with Crippen LogP contribution in [0.4, 0.5) is 19.0 Å². The summed E-state index contributed by atoms with van der Waals surface area (Å²) >= 11 is 0. The number of hydrogen-bond acceptors (Lipinski definition) is 4. The lowest BCUT2D eigenvalue weighted by Crippen LogP contribution is -2.39. The average molecular weight is 392 g/mol. The van der Waals surface area contributed by atoms with Crippen LogP contribution in [-0.4, -0.2) is 60.7 Å². The number of rotatable bonds is 4. The molecule has 2 aliphatic rings. The molecule has 0 bridgehead atoms. The number of benzene rings is 1. The number of aromatic nitrogens is 1. The zero-order valence-corrected chi connectivity index (χ0v) is 15.5. The highest BCUT2D eigenvalue weighted by molar-refractivity contribution is 6.02. The lowest BCUT2D eigenvalue weighted by Gasteiger charge is -2.22. The largest absolute Gasteiger partial charge is 0.401 e. The minimum Gasteiger partial charge on any atom is -0.356 e. The molecular formula is C20H23F3N4O. The molecule has 28 heavy (non-hydrogen) atoms. The van der Waals surface area contributed by atoms with Crippen LogP contribution in [0.1, 0.15) is 29.6 Å². The highest BCUT2D eigenvalue weighted by Crippen LogP contribution is 2.27. The fourth-order valence-corrected chi connectivity index (χ4v) is 4.05. The third kappa shape index (κ3) is 4.22. The second-order valence-electron chi connectivity index (χ2n) is 7.56. The minimum absolute atomic E-state index is 0.214. The van der Waals surface area contributed by atoms with E-state index in [0.717, 1.165) is 36.8 Å². The van der Waals surface area contributed by atoms with Crippen LogP contribution in [0.3, 0.4) is 0 Å². The van der Waals surface area contributed by atoms with E-state index in [1.54, 1.807) is 0 Å². The number of para-hydroxylation sites is 1. The summed E-state index contributed by atoms with van der Waals surface area (Å²) in [6.45, 7) is 1.32. The highest BCUT2D eigenvalue weighted by atomic mass is 19.4. The van der Waals surface area contributed by atoms with Gasteiger partial charge in [-0.15, -0.1) is 0 Å². The monoisotopic (exact) mass is 392 g/mol. The van der Waals surface area contributed by atoms with Crippen molar-refractivity contribution in [2.75, 3.05) is 37.6 Å². The van der Waals surface area contributed by atoms with Crippen molar-refractivity contribution in [3.8, 4) is 0 Å². The summed E-state index contributed by atoms with van der Waals surface area (Å²) in [5.74, 6) is 0.401. The lowest BCUT2D eigenvalue weighted by molar-refractivity contribution is -0.143. The van der Waals surface area contributed by atoms with Crippen molar-refractivity contribution in [2.24, 2.45) is 0 Å². The Morgan fingerprint density at radius 2 is 1.93 bits per heavy atom. The predicted octanol–water partition coefficient (Wildman–Crippen LogP) is 3.20. The van der Waals surface area contributed by atoms with Gasteiger partial charge in [-0.05, 0) is 31.4 Å². The van der Waals surface area contributed by atoms with E-state index in [1.807, 2.05) is 30.3 Å². The number of nitrogens with zero attached hydrogens (tertiary/aromatic N) is 3. The van der Waals surface area contributed by atoms with Crippen molar-refractivity contribution in [3.63, 3.8) is 0 Å². The maximum Gasteiger partial charge on any atom is 0.401 e. The summed E-state index contributed by atoms with van der Waals surface area (Å²) in [5.41, 5.74) is 1.33. The molecule has 1 atom stereocenters. The van der Waals surface area contributed by atoms with Crippen molar-refractivity contribution >= 4 is 22.6 Å². The normalized spacial score (nSPS) is 20.8. The van der Waals surface area contributed by atoms with Gasteiger partial charge in [-0.3, -0.25) is 9.69 Å². The second kappa shape index (κ2) is 7.58. The maximum atomic E-state index is 13.0. The Hall–Kier alpha value is -2.35. The third-order valence-electron chi connectivity index (χ3n) is 5.36. The molecule has 1 amide bonds. The van der Waals surface area contributed by atoms with Crippen molar-refractivity contribution < 1.29 is 18.0 Å². The number of hydrogen-bond donors (Lipinski definition) is 1. The summed E-state index contributed by atoms with van der Waals surface area (Å²) in [7, 11) is 0. The van der Waals surface area contributed by atoms with Crippen LogP contribution in [0, 0.1) is 0 Å². The third-order valence-corrected chi connectivity index (χ3v) is 5.36. The molecule has 4 rings (SSSR count). The van der Waals surface area contributed by atoms with E-state index < -0.39 is 12.7 Å². The number of halogens is 3. The molecular weight excluding hydrogens is 369 g/mol. The molecule has 0 saturated carbocycles. The quantitative estimate of drug-likeness (QED) is 0.868. The van der Waals surface area contributed by atoms with Crippen molar-refractivity contribution in [2.45, 2.75) is 31.5 Å². The first-order chi connectivity index (χ1) is 13.4. The summed E-state index contributed by atoms with van der Waals surface area (Å²) < 4.78 is 37.8. The van der Waals surface area contributed by atoms with Crippen LogP contribution < -0.4 is 10.2 Å². The average Bonchev–Trinajstić information content (AvgIpc) is 3.31. The van der Waals surface area contributed by atoms with Gasteiger partial charge in [0.05, 0.1) is 17.6 Å². The zero-order valence-electron chi connectivity index (χ0n) is 15.5. The maximum absolute atomic E-state index is 13.0. The Balaban J connectivity index is 1.54. The summed E-state index contributed by atoms with van der Waals surface area (Å²) in [6.07, 6.45) is -1.58. The Morgan fingerprint density at radius 3 is 2.68 bits per heavy atom. The van der Waals surface area contributed by atoms with Gasteiger partial charge >= 0.3 is 6.18 Å². The van der Waals surface area contributed by atoms with Crippen molar-refractivity contribution in [1.82, 2.24) is 15.2 Å². The molecule has 0 aliphatic carbocycles. The minimum atomic E-state index is -4.22. The molecule has 150 valence electrons. The molecule has 2 aromatic rings. The highest BCUT2D eigenvalue weighted by Gasteiger charge is 2.35. The van der Waals surface area contributed by atoms with Gasteiger partial charge in [0.25, 0.3) is 5.91 Å². The topological polar surface area (TPSA) is 48.5 Å². The van der Waals surface area contributed by atoms with Crippen LogP contribution in [-0.2, 0) is 0 Å². The molecule has 1 N–H and O–H groups in total. The second-order valence-corrected chi connectivity index (χ2v) is 7.56. The van der Waals surface area contributed by atoms with Crippen LogP contribution in [0.5, 0.6) is 0 Å². The molecule has 0 radical (unpaired) electrons. The van der Waals surface area contributed by atoms with Crippen LogP contribution >= 0.6 is 0 Å². The first-order valence-corrected chi connectivity index (χ1v) is 9.64. The Bertz CT molecular complexity index is 864. The van der Waals surface area contributed by atoms with Gasteiger partial charge in [-0.25, -0.2) is 4.98 Å². The fourth-order valence-electron chi connectivity index (χ4n) is 4.05. The summed E-state index contributed by atoms with van der Waals surface area (Å²) in [5, 5.41) is 3.80. The molecule has 0 spiro atoms. The number of carbonyl (C=O) groups excluding carboxylic acids is 1. The standard InChI is InChI=1S/C20H23F3N4O/c21-20(22,23)13-26-10-7-15(12-26)24-19(28)16-11-14-5-1-2-6-17(14)25-18(16)27-8-3-4-9-27/h1-2,5-6,11,15H,3-4,7-10,12-13H2,(H,24,28). The first-order valence-electron chi connectivity index (χ1n) is 9.64. The number of amides is 1. The van der Waals surface area contributed by atoms with Gasteiger partial charge in [0.15, 0.2) is 0 Å². The van der Waals surface area contributed by atoms with Crippen LogP contribution in [0.25, 0.3) is 10.9 Å². The van der Waals surface area contributed by atoms with E-state index in [-0.39, 0.29) is 18.5 Å². The first kappa shape index (κ1) is 19.0. The predicted molar refractivity (Wildman–Crippen MR) is 102 cm³/mol. The molecule has 1 aromatic carbocycles. The Kier molecular flexibility index (Phi) is 5.14. The number of carbonyl (C=O) groups is 1. The molecule has 8 heteroatoms. The van der Waals surface area contributed by atoms with E-state index in [1.165, 1.54) is 4.90 Å². The van der Waals surface area contributed by atoms with E-state index >= 15 is 0 Å². The molecule has 2 aliphatic heterocycles. The number of alkyl halides is 3. The van der Waals surface area contributed by atoms with Gasteiger partial charge < -0.3 is 10.2 Å². The lowest BCUT2D eigenvalue weighted by atomic mass is 10.1. The fraction of sp³-hybridized carbons (Fsp3) is 0.500. The molecule has 1 unspecified atom stereocenters. The molecule has 3 heterocycles. The number of fused-ring (bicyclic) bond motifs is 1. The number of nitrogens with one attached hydrogen (secondary N) is 1. The zero-order chi connectivity index (χ0) is 19.7. The van der Waals surface area contributed by atoms with E-state index in [0.29, 0.717) is 24.3 Å².